The monoisotopic (exact) mass is 433 g/mol. The summed E-state index contributed by atoms with van der Waals surface area (Å²) >= 11 is 7.49. The molecule has 2 aromatic carbocycles. The van der Waals surface area contributed by atoms with Crippen molar-refractivity contribution in [2.24, 2.45) is 0 Å². The second-order valence-corrected chi connectivity index (χ2v) is 9.54. The zero-order valence-electron chi connectivity index (χ0n) is 14.6. The van der Waals surface area contributed by atoms with Crippen molar-refractivity contribution in [3.8, 4) is 11.3 Å². The van der Waals surface area contributed by atoms with Crippen LogP contribution in [-0.2, 0) is 10.0 Å². The summed E-state index contributed by atoms with van der Waals surface area (Å²) in [6, 6.07) is 14.0. The number of anilines is 2. The van der Waals surface area contributed by atoms with E-state index < -0.39 is 10.0 Å². The van der Waals surface area contributed by atoms with E-state index in [1.807, 2.05) is 23.6 Å². The summed E-state index contributed by atoms with van der Waals surface area (Å²) in [4.78, 5) is 17.0. The first kappa shape index (κ1) is 18.9. The van der Waals surface area contributed by atoms with Crippen LogP contribution in [0.15, 0.2) is 53.9 Å². The van der Waals surface area contributed by atoms with Gasteiger partial charge in [0, 0.05) is 28.1 Å². The zero-order valence-corrected chi connectivity index (χ0v) is 17.0. The third-order valence-electron chi connectivity index (χ3n) is 4.37. The number of aromatic nitrogens is 1. The average Bonchev–Trinajstić information content (AvgIpc) is 3.28. The molecule has 1 N–H and O–H groups in total. The van der Waals surface area contributed by atoms with E-state index >= 15 is 0 Å². The molecular weight excluding hydrogens is 418 g/mol. The van der Waals surface area contributed by atoms with Crippen LogP contribution in [0.1, 0.15) is 16.8 Å². The van der Waals surface area contributed by atoms with Crippen molar-refractivity contribution < 1.29 is 13.2 Å². The molecule has 0 saturated carbocycles. The standard InChI is InChI=1S/C19H16ClN3O3S2/c20-16-8-2-1-7-15(16)17-12-27-19(21-17)22-18(24)13-5-3-6-14(11-13)23-9-4-10-28(23,25)26/h1-3,5-8,11-12H,4,9-10H2,(H,21,22,24). The van der Waals surface area contributed by atoms with E-state index in [1.54, 1.807) is 30.3 Å². The van der Waals surface area contributed by atoms with Crippen LogP contribution in [0.3, 0.4) is 0 Å². The molecule has 1 aromatic heterocycles. The Bertz CT molecular complexity index is 1140. The maximum Gasteiger partial charge on any atom is 0.257 e. The van der Waals surface area contributed by atoms with Crippen LogP contribution >= 0.6 is 22.9 Å². The van der Waals surface area contributed by atoms with Gasteiger partial charge in [0.15, 0.2) is 5.13 Å². The topological polar surface area (TPSA) is 79.4 Å². The normalized spacial score (nSPS) is 15.5. The number of sulfonamides is 1. The van der Waals surface area contributed by atoms with Gasteiger partial charge >= 0.3 is 0 Å². The lowest BCUT2D eigenvalue weighted by atomic mass is 10.2. The predicted molar refractivity (Wildman–Crippen MR) is 113 cm³/mol. The SMILES string of the molecule is O=C(Nc1nc(-c2ccccc2Cl)cs1)c1cccc(N2CCCS2(=O)=O)c1. The molecule has 144 valence electrons. The van der Waals surface area contributed by atoms with Crippen molar-refractivity contribution >= 4 is 49.7 Å². The van der Waals surface area contributed by atoms with E-state index in [-0.39, 0.29) is 11.7 Å². The van der Waals surface area contributed by atoms with Gasteiger partial charge in [-0.1, -0.05) is 35.9 Å². The number of halogens is 1. The fourth-order valence-electron chi connectivity index (χ4n) is 3.02. The molecule has 0 aliphatic carbocycles. The molecule has 0 unspecified atom stereocenters. The summed E-state index contributed by atoms with van der Waals surface area (Å²) in [6.45, 7) is 0.432. The largest absolute Gasteiger partial charge is 0.298 e. The molecule has 2 heterocycles. The van der Waals surface area contributed by atoms with Crippen LogP contribution < -0.4 is 9.62 Å². The molecule has 1 aliphatic rings. The van der Waals surface area contributed by atoms with Crippen LogP contribution in [0.25, 0.3) is 11.3 Å². The van der Waals surface area contributed by atoms with Crippen LogP contribution in [0.2, 0.25) is 5.02 Å². The smallest absolute Gasteiger partial charge is 0.257 e. The minimum atomic E-state index is -3.29. The number of thiazole rings is 1. The number of carbonyl (C=O) groups excluding carboxylic acids is 1. The Balaban J connectivity index is 1.54. The highest BCUT2D eigenvalue weighted by Crippen LogP contribution is 2.31. The van der Waals surface area contributed by atoms with Crippen LogP contribution in [-0.4, -0.2) is 31.6 Å². The molecule has 0 bridgehead atoms. The molecule has 1 aliphatic heterocycles. The lowest BCUT2D eigenvalue weighted by molar-refractivity contribution is 0.102. The quantitative estimate of drug-likeness (QED) is 0.666. The highest BCUT2D eigenvalue weighted by molar-refractivity contribution is 7.93. The molecular formula is C19H16ClN3O3S2. The predicted octanol–water partition coefficient (Wildman–Crippen LogP) is 4.26. The highest BCUT2D eigenvalue weighted by Gasteiger charge is 2.28. The summed E-state index contributed by atoms with van der Waals surface area (Å²) in [7, 11) is -3.29. The van der Waals surface area contributed by atoms with Crippen LogP contribution in [0.4, 0.5) is 10.8 Å². The fourth-order valence-corrected chi connectivity index (χ4v) is 5.52. The van der Waals surface area contributed by atoms with Gasteiger partial charge in [-0.05, 0) is 30.7 Å². The van der Waals surface area contributed by atoms with Gasteiger partial charge in [-0.25, -0.2) is 13.4 Å². The summed E-state index contributed by atoms with van der Waals surface area (Å²) < 4.78 is 25.6. The number of benzene rings is 2. The first-order valence-corrected chi connectivity index (χ1v) is 11.4. The van der Waals surface area contributed by atoms with Crippen LogP contribution in [0.5, 0.6) is 0 Å². The maximum atomic E-state index is 12.6. The lowest BCUT2D eigenvalue weighted by Gasteiger charge is -2.17. The van der Waals surface area contributed by atoms with Crippen molar-refractivity contribution in [3.05, 3.63) is 64.5 Å². The van der Waals surface area contributed by atoms with Gasteiger partial charge in [-0.3, -0.25) is 14.4 Å². The Labute approximate surface area is 171 Å². The van der Waals surface area contributed by atoms with Crippen molar-refractivity contribution in [1.29, 1.82) is 0 Å². The van der Waals surface area contributed by atoms with E-state index in [4.69, 9.17) is 11.6 Å². The van der Waals surface area contributed by atoms with E-state index in [0.717, 1.165) is 5.56 Å². The molecule has 4 rings (SSSR count). The second kappa shape index (κ2) is 7.54. The molecule has 0 atom stereocenters. The second-order valence-electron chi connectivity index (χ2n) is 6.26. The Morgan fingerprint density at radius 3 is 2.75 bits per heavy atom. The first-order valence-electron chi connectivity index (χ1n) is 8.56. The van der Waals surface area contributed by atoms with Gasteiger partial charge in [0.05, 0.1) is 17.1 Å². The number of nitrogens with one attached hydrogen (secondary N) is 1. The van der Waals surface area contributed by atoms with Crippen molar-refractivity contribution in [2.75, 3.05) is 21.9 Å². The molecule has 1 amide bonds. The molecule has 1 fully saturated rings. The molecule has 1 saturated heterocycles. The van der Waals surface area contributed by atoms with Gasteiger partial charge in [0.1, 0.15) is 0 Å². The third-order valence-corrected chi connectivity index (χ3v) is 7.33. The minimum absolute atomic E-state index is 0.132. The fraction of sp³-hybridized carbons (Fsp3) is 0.158. The number of amides is 1. The van der Waals surface area contributed by atoms with E-state index in [9.17, 15) is 13.2 Å². The molecule has 0 spiro atoms. The number of rotatable bonds is 4. The maximum absolute atomic E-state index is 12.6. The Kier molecular flexibility index (Phi) is 5.09. The van der Waals surface area contributed by atoms with Crippen molar-refractivity contribution in [3.63, 3.8) is 0 Å². The number of carbonyl (C=O) groups is 1. The molecule has 28 heavy (non-hydrogen) atoms. The Hall–Kier alpha value is -2.42. The third kappa shape index (κ3) is 3.76. The highest BCUT2D eigenvalue weighted by atomic mass is 35.5. The van der Waals surface area contributed by atoms with Crippen molar-refractivity contribution in [1.82, 2.24) is 4.98 Å². The zero-order chi connectivity index (χ0) is 19.7. The lowest BCUT2D eigenvalue weighted by Crippen LogP contribution is -2.25. The summed E-state index contributed by atoms with van der Waals surface area (Å²) in [6.07, 6.45) is 0.586. The minimum Gasteiger partial charge on any atom is -0.298 e. The summed E-state index contributed by atoms with van der Waals surface area (Å²) in [5, 5.41) is 5.62. The average molecular weight is 434 g/mol. The van der Waals surface area contributed by atoms with E-state index in [1.165, 1.54) is 15.6 Å². The van der Waals surface area contributed by atoms with Crippen LogP contribution in [0, 0.1) is 0 Å². The first-order chi connectivity index (χ1) is 13.4. The number of hydrogen-bond donors (Lipinski definition) is 1. The van der Waals surface area contributed by atoms with Gasteiger partial charge in [-0.15, -0.1) is 11.3 Å². The van der Waals surface area contributed by atoms with E-state index in [2.05, 4.69) is 10.3 Å². The summed E-state index contributed by atoms with van der Waals surface area (Å²) in [5.41, 5.74) is 2.35. The Morgan fingerprint density at radius 2 is 2.00 bits per heavy atom. The number of hydrogen-bond acceptors (Lipinski definition) is 5. The number of nitrogens with zero attached hydrogens (tertiary/aromatic N) is 2. The van der Waals surface area contributed by atoms with Gasteiger partial charge in [0.25, 0.3) is 5.91 Å². The summed E-state index contributed by atoms with van der Waals surface area (Å²) in [5.74, 6) is -0.216. The molecule has 3 aromatic rings. The molecule has 9 heteroatoms. The van der Waals surface area contributed by atoms with E-state index in [0.29, 0.717) is 40.1 Å². The van der Waals surface area contributed by atoms with Gasteiger partial charge in [0.2, 0.25) is 10.0 Å². The van der Waals surface area contributed by atoms with Gasteiger partial charge < -0.3 is 0 Å². The molecule has 0 radical (unpaired) electrons. The molecule has 6 nitrogen and oxygen atoms in total. The van der Waals surface area contributed by atoms with Crippen molar-refractivity contribution in [2.45, 2.75) is 6.42 Å². The van der Waals surface area contributed by atoms with Gasteiger partial charge in [-0.2, -0.15) is 0 Å². The Morgan fingerprint density at radius 1 is 1.18 bits per heavy atom.